The highest BCUT2D eigenvalue weighted by Crippen LogP contribution is 2.62. The Kier molecular flexibility index (Phi) is 3.48. The van der Waals surface area contributed by atoms with E-state index < -0.39 is 0 Å². The van der Waals surface area contributed by atoms with Gasteiger partial charge < -0.3 is 10.2 Å². The Hall–Kier alpha value is -1.02. The SMILES string of the molecule is CCC[C@]12CC[C@@H]3c4ccc(O)cc4CC[C@H]3[C@@H]1CC[C@@H]2O. The van der Waals surface area contributed by atoms with Gasteiger partial charge in [-0.05, 0) is 91.4 Å². The van der Waals surface area contributed by atoms with Crippen LogP contribution in [0.25, 0.3) is 0 Å². The lowest BCUT2D eigenvalue weighted by atomic mass is 9.53. The molecule has 0 radical (unpaired) electrons. The summed E-state index contributed by atoms with van der Waals surface area (Å²) in [5.74, 6) is 2.52. The zero-order chi connectivity index (χ0) is 15.3. The van der Waals surface area contributed by atoms with Gasteiger partial charge in [-0.1, -0.05) is 19.4 Å². The predicted octanol–water partition coefficient (Wildman–Crippen LogP) is 4.39. The standard InChI is InChI=1S/C20H28O2/c1-2-10-20-11-9-16-15-6-4-14(21)12-13(15)3-5-17(16)18(20)7-8-19(20)22/h4,6,12,16-19,21-22H,2-3,5,7-11H2,1H3/t16-,17-,18+,19+,20+/m1/s1. The molecule has 0 spiro atoms. The molecule has 2 fully saturated rings. The van der Waals surface area contributed by atoms with Crippen LogP contribution in [-0.4, -0.2) is 16.3 Å². The Morgan fingerprint density at radius 3 is 2.86 bits per heavy atom. The third kappa shape index (κ3) is 1.96. The Balaban J connectivity index is 1.69. The average Bonchev–Trinajstić information content (AvgIpc) is 2.84. The summed E-state index contributed by atoms with van der Waals surface area (Å²) in [5, 5.41) is 20.4. The van der Waals surface area contributed by atoms with E-state index in [2.05, 4.69) is 13.0 Å². The molecule has 0 unspecified atom stereocenters. The minimum absolute atomic E-state index is 0.0698. The molecule has 0 amide bonds. The van der Waals surface area contributed by atoms with Crippen LogP contribution in [0.3, 0.4) is 0 Å². The highest BCUT2D eigenvalue weighted by Gasteiger charge is 2.56. The van der Waals surface area contributed by atoms with Crippen LogP contribution in [0.2, 0.25) is 0 Å². The van der Waals surface area contributed by atoms with Crippen LogP contribution in [0, 0.1) is 17.3 Å². The fourth-order valence-corrected chi connectivity index (χ4v) is 6.29. The molecule has 0 bridgehead atoms. The molecule has 120 valence electrons. The maximum atomic E-state index is 10.7. The number of aromatic hydroxyl groups is 1. The quantitative estimate of drug-likeness (QED) is 0.850. The van der Waals surface area contributed by atoms with Crippen molar-refractivity contribution in [3.63, 3.8) is 0 Å². The number of aliphatic hydroxyl groups is 1. The number of rotatable bonds is 2. The molecule has 0 saturated heterocycles. The van der Waals surface area contributed by atoms with E-state index in [-0.39, 0.29) is 11.5 Å². The largest absolute Gasteiger partial charge is 0.508 e. The summed E-state index contributed by atoms with van der Waals surface area (Å²) in [6.07, 6.45) is 9.29. The summed E-state index contributed by atoms with van der Waals surface area (Å²) in [6, 6.07) is 6.00. The van der Waals surface area contributed by atoms with Gasteiger partial charge in [-0.25, -0.2) is 0 Å². The number of phenolic OH excluding ortho intramolecular Hbond substituents is 1. The normalized spacial score (nSPS) is 39.9. The highest BCUT2D eigenvalue weighted by molar-refractivity contribution is 5.40. The second-order valence-corrected chi connectivity index (χ2v) is 7.91. The highest BCUT2D eigenvalue weighted by atomic mass is 16.3. The second-order valence-electron chi connectivity index (χ2n) is 7.91. The molecule has 1 aromatic rings. The minimum Gasteiger partial charge on any atom is -0.508 e. The van der Waals surface area contributed by atoms with E-state index in [1.165, 1.54) is 49.7 Å². The number of hydrogen-bond donors (Lipinski definition) is 2. The van der Waals surface area contributed by atoms with Gasteiger partial charge in [-0.3, -0.25) is 0 Å². The zero-order valence-corrected chi connectivity index (χ0v) is 13.6. The lowest BCUT2D eigenvalue weighted by molar-refractivity contribution is -0.0432. The molecule has 0 heterocycles. The summed E-state index contributed by atoms with van der Waals surface area (Å²) in [7, 11) is 0. The number of fused-ring (bicyclic) bond motifs is 5. The maximum absolute atomic E-state index is 10.7. The van der Waals surface area contributed by atoms with E-state index >= 15 is 0 Å². The summed E-state index contributed by atoms with van der Waals surface area (Å²) in [6.45, 7) is 2.27. The average molecular weight is 300 g/mol. The Bertz CT molecular complexity index is 567. The van der Waals surface area contributed by atoms with Crippen molar-refractivity contribution < 1.29 is 10.2 Å². The molecule has 3 aliphatic rings. The van der Waals surface area contributed by atoms with Crippen LogP contribution in [0.4, 0.5) is 0 Å². The Morgan fingerprint density at radius 1 is 1.18 bits per heavy atom. The number of aliphatic hydroxyl groups excluding tert-OH is 1. The van der Waals surface area contributed by atoms with E-state index in [0.717, 1.165) is 18.8 Å². The van der Waals surface area contributed by atoms with Crippen LogP contribution in [-0.2, 0) is 6.42 Å². The van der Waals surface area contributed by atoms with Crippen LogP contribution in [0.5, 0.6) is 5.75 Å². The molecule has 0 aromatic heterocycles. The van der Waals surface area contributed by atoms with E-state index in [4.69, 9.17) is 0 Å². The van der Waals surface area contributed by atoms with Crippen molar-refractivity contribution in [1.29, 1.82) is 0 Å². The van der Waals surface area contributed by atoms with Crippen LogP contribution >= 0.6 is 0 Å². The van der Waals surface area contributed by atoms with Crippen molar-refractivity contribution in [3.8, 4) is 5.75 Å². The Labute approximate surface area is 133 Å². The van der Waals surface area contributed by atoms with Gasteiger partial charge in [0.2, 0.25) is 0 Å². The lowest BCUT2D eigenvalue weighted by Crippen LogP contribution is -2.45. The van der Waals surface area contributed by atoms with Gasteiger partial charge in [-0.15, -0.1) is 0 Å². The van der Waals surface area contributed by atoms with Crippen LogP contribution in [0.1, 0.15) is 68.9 Å². The summed E-state index contributed by atoms with van der Waals surface area (Å²) >= 11 is 0. The number of benzene rings is 1. The molecule has 2 saturated carbocycles. The van der Waals surface area contributed by atoms with Crippen molar-refractivity contribution in [3.05, 3.63) is 29.3 Å². The molecule has 1 aromatic carbocycles. The van der Waals surface area contributed by atoms with Crippen molar-refractivity contribution in [2.24, 2.45) is 17.3 Å². The smallest absolute Gasteiger partial charge is 0.115 e. The first-order chi connectivity index (χ1) is 10.7. The predicted molar refractivity (Wildman–Crippen MR) is 88.0 cm³/mol. The van der Waals surface area contributed by atoms with Gasteiger partial charge in [0.15, 0.2) is 0 Å². The first-order valence-electron chi connectivity index (χ1n) is 9.15. The topological polar surface area (TPSA) is 40.5 Å². The van der Waals surface area contributed by atoms with Crippen LogP contribution in [0.15, 0.2) is 18.2 Å². The second kappa shape index (κ2) is 5.26. The number of aryl methyl sites for hydroxylation is 1. The monoisotopic (exact) mass is 300 g/mol. The third-order valence-electron chi connectivity index (χ3n) is 7.10. The minimum atomic E-state index is -0.0698. The lowest BCUT2D eigenvalue weighted by Gasteiger charge is -2.51. The summed E-state index contributed by atoms with van der Waals surface area (Å²) in [5.41, 5.74) is 3.06. The molecule has 0 aliphatic heterocycles. The Morgan fingerprint density at radius 2 is 2.05 bits per heavy atom. The van der Waals surface area contributed by atoms with Gasteiger partial charge in [0.05, 0.1) is 6.10 Å². The summed E-state index contributed by atoms with van der Waals surface area (Å²) in [4.78, 5) is 0. The van der Waals surface area contributed by atoms with E-state index in [0.29, 0.717) is 17.6 Å². The van der Waals surface area contributed by atoms with Gasteiger partial charge >= 0.3 is 0 Å². The van der Waals surface area contributed by atoms with Gasteiger partial charge in [0.25, 0.3) is 0 Å². The molecule has 3 aliphatic carbocycles. The zero-order valence-electron chi connectivity index (χ0n) is 13.6. The van der Waals surface area contributed by atoms with Crippen molar-refractivity contribution >= 4 is 0 Å². The molecule has 2 heteroatoms. The molecule has 2 nitrogen and oxygen atoms in total. The van der Waals surface area contributed by atoms with E-state index in [1.54, 1.807) is 0 Å². The number of phenols is 1. The van der Waals surface area contributed by atoms with Crippen LogP contribution < -0.4 is 0 Å². The van der Waals surface area contributed by atoms with Gasteiger partial charge in [-0.2, -0.15) is 0 Å². The summed E-state index contributed by atoms with van der Waals surface area (Å²) < 4.78 is 0. The molecule has 2 N–H and O–H groups in total. The molecule has 4 rings (SSSR count). The maximum Gasteiger partial charge on any atom is 0.115 e. The van der Waals surface area contributed by atoms with Crippen molar-refractivity contribution in [1.82, 2.24) is 0 Å². The van der Waals surface area contributed by atoms with Crippen molar-refractivity contribution in [2.45, 2.75) is 70.3 Å². The first kappa shape index (κ1) is 14.6. The third-order valence-corrected chi connectivity index (χ3v) is 7.10. The molecular weight excluding hydrogens is 272 g/mol. The van der Waals surface area contributed by atoms with Gasteiger partial charge in [0, 0.05) is 0 Å². The fourth-order valence-electron chi connectivity index (χ4n) is 6.29. The van der Waals surface area contributed by atoms with E-state index in [1.807, 2.05) is 12.1 Å². The first-order valence-corrected chi connectivity index (χ1v) is 9.15. The fraction of sp³-hybridized carbons (Fsp3) is 0.700. The van der Waals surface area contributed by atoms with Crippen molar-refractivity contribution in [2.75, 3.05) is 0 Å². The van der Waals surface area contributed by atoms with Gasteiger partial charge in [0.1, 0.15) is 5.75 Å². The molecular formula is C20H28O2. The van der Waals surface area contributed by atoms with E-state index in [9.17, 15) is 10.2 Å². The number of hydrogen-bond acceptors (Lipinski definition) is 2. The molecule has 5 atom stereocenters. The molecule has 22 heavy (non-hydrogen) atoms.